The van der Waals surface area contributed by atoms with Gasteiger partial charge in [-0.3, -0.25) is 9.59 Å². The van der Waals surface area contributed by atoms with Crippen LogP contribution in [0, 0.1) is 6.92 Å². The first kappa shape index (κ1) is 12.0. The molecule has 0 saturated carbocycles. The number of aromatic nitrogens is 1. The molecule has 6 heteroatoms. The highest BCUT2D eigenvalue weighted by Crippen LogP contribution is 2.15. The molecule has 0 unspecified atom stereocenters. The third-order valence-electron chi connectivity index (χ3n) is 1.84. The van der Waals surface area contributed by atoms with Gasteiger partial charge in [0.1, 0.15) is 12.1 Å². The van der Waals surface area contributed by atoms with Gasteiger partial charge >= 0.3 is 5.97 Å². The van der Waals surface area contributed by atoms with E-state index in [1.54, 1.807) is 19.1 Å². The summed E-state index contributed by atoms with van der Waals surface area (Å²) in [7, 11) is 1.40. The first-order valence-corrected chi connectivity index (χ1v) is 4.56. The maximum atomic E-state index is 11.5. The number of aryl methyl sites for hydroxylation is 1. The van der Waals surface area contributed by atoms with Crippen LogP contribution in [0.3, 0.4) is 0 Å². The van der Waals surface area contributed by atoms with Crippen LogP contribution in [0.1, 0.15) is 16.1 Å². The van der Waals surface area contributed by atoms with Crippen LogP contribution in [-0.4, -0.2) is 35.6 Å². The number of hydrogen-bond acceptors (Lipinski definition) is 4. The van der Waals surface area contributed by atoms with Gasteiger partial charge in [0.2, 0.25) is 5.88 Å². The normalized spacial score (nSPS) is 9.62. The number of nitrogens with zero attached hydrogens (tertiary/aromatic N) is 1. The summed E-state index contributed by atoms with van der Waals surface area (Å²) in [4.78, 5) is 25.8. The van der Waals surface area contributed by atoms with Crippen LogP contribution in [0.4, 0.5) is 0 Å². The summed E-state index contributed by atoms with van der Waals surface area (Å²) < 4.78 is 4.93. The fraction of sp³-hybridized carbons (Fsp3) is 0.300. The lowest BCUT2D eigenvalue weighted by Crippen LogP contribution is -2.29. The number of carboxylic acid groups (broad SMARTS) is 1. The fourth-order valence-corrected chi connectivity index (χ4v) is 1.11. The monoisotopic (exact) mass is 224 g/mol. The van der Waals surface area contributed by atoms with Crippen molar-refractivity contribution in [3.63, 3.8) is 0 Å². The molecule has 0 radical (unpaired) electrons. The second-order valence-corrected chi connectivity index (χ2v) is 3.09. The molecule has 0 spiro atoms. The highest BCUT2D eigenvalue weighted by molar-refractivity contribution is 5.97. The molecule has 2 N–H and O–H groups in total. The van der Waals surface area contributed by atoms with E-state index in [1.165, 1.54) is 7.11 Å². The largest absolute Gasteiger partial charge is 0.480 e. The van der Waals surface area contributed by atoms with E-state index in [1.807, 2.05) is 0 Å². The number of pyridine rings is 1. The van der Waals surface area contributed by atoms with Gasteiger partial charge in [0.25, 0.3) is 5.91 Å². The molecule has 86 valence electrons. The van der Waals surface area contributed by atoms with Crippen LogP contribution in [-0.2, 0) is 4.79 Å². The van der Waals surface area contributed by atoms with Crippen molar-refractivity contribution in [1.29, 1.82) is 0 Å². The Bertz CT molecular complexity index is 417. The third-order valence-corrected chi connectivity index (χ3v) is 1.84. The summed E-state index contributed by atoms with van der Waals surface area (Å²) in [5, 5.41) is 10.7. The maximum Gasteiger partial charge on any atom is 0.322 e. The molecule has 1 heterocycles. The predicted octanol–water partition coefficient (Wildman–Crippen LogP) is 0.213. The van der Waals surface area contributed by atoms with Crippen molar-refractivity contribution < 1.29 is 19.4 Å². The van der Waals surface area contributed by atoms with E-state index in [0.29, 0.717) is 5.69 Å². The van der Waals surface area contributed by atoms with Crippen LogP contribution >= 0.6 is 0 Å². The molecule has 1 amide bonds. The molecule has 16 heavy (non-hydrogen) atoms. The molecule has 0 aliphatic rings. The number of aliphatic carboxylic acids is 1. The van der Waals surface area contributed by atoms with Crippen molar-refractivity contribution in [3.8, 4) is 5.88 Å². The molecule has 0 saturated heterocycles. The molecule has 1 aromatic heterocycles. The lowest BCUT2D eigenvalue weighted by atomic mass is 10.2. The van der Waals surface area contributed by atoms with Crippen molar-refractivity contribution in [2.45, 2.75) is 6.92 Å². The lowest BCUT2D eigenvalue weighted by Gasteiger charge is -2.07. The summed E-state index contributed by atoms with van der Waals surface area (Å²) >= 11 is 0. The van der Waals surface area contributed by atoms with E-state index >= 15 is 0 Å². The zero-order valence-corrected chi connectivity index (χ0v) is 8.98. The van der Waals surface area contributed by atoms with Gasteiger partial charge in [0, 0.05) is 5.69 Å². The van der Waals surface area contributed by atoms with E-state index in [9.17, 15) is 9.59 Å². The average molecular weight is 224 g/mol. The topological polar surface area (TPSA) is 88.5 Å². The number of carbonyl (C=O) groups excluding carboxylic acids is 1. The quantitative estimate of drug-likeness (QED) is 0.763. The van der Waals surface area contributed by atoms with Gasteiger partial charge in [0.05, 0.1) is 7.11 Å². The minimum atomic E-state index is -1.10. The molecule has 6 nitrogen and oxygen atoms in total. The second-order valence-electron chi connectivity index (χ2n) is 3.09. The number of amides is 1. The summed E-state index contributed by atoms with van der Waals surface area (Å²) in [6.45, 7) is 1.33. The second kappa shape index (κ2) is 5.11. The lowest BCUT2D eigenvalue weighted by molar-refractivity contribution is -0.135. The van der Waals surface area contributed by atoms with Gasteiger partial charge < -0.3 is 15.2 Å². The van der Waals surface area contributed by atoms with E-state index in [-0.39, 0.29) is 11.4 Å². The van der Waals surface area contributed by atoms with E-state index < -0.39 is 18.4 Å². The number of hydrogen-bond donors (Lipinski definition) is 2. The van der Waals surface area contributed by atoms with E-state index in [0.717, 1.165) is 0 Å². The van der Waals surface area contributed by atoms with Gasteiger partial charge in [-0.15, -0.1) is 0 Å². The zero-order valence-electron chi connectivity index (χ0n) is 8.98. The summed E-state index contributed by atoms with van der Waals surface area (Å²) in [5.41, 5.74) is 0.931. The van der Waals surface area contributed by atoms with Crippen molar-refractivity contribution in [3.05, 3.63) is 23.4 Å². The zero-order chi connectivity index (χ0) is 12.1. The van der Waals surface area contributed by atoms with Crippen LogP contribution in [0.25, 0.3) is 0 Å². The summed E-state index contributed by atoms with van der Waals surface area (Å²) in [5.74, 6) is -1.44. The number of ether oxygens (including phenoxy) is 1. The average Bonchev–Trinajstić information content (AvgIpc) is 2.25. The number of methoxy groups -OCH3 is 1. The Morgan fingerprint density at radius 3 is 2.75 bits per heavy atom. The minimum absolute atomic E-state index is 0.183. The molecule has 0 bridgehead atoms. The summed E-state index contributed by atoms with van der Waals surface area (Å²) in [6.07, 6.45) is 0. The number of rotatable bonds is 4. The van der Waals surface area contributed by atoms with Gasteiger partial charge in [-0.05, 0) is 19.1 Å². The van der Waals surface area contributed by atoms with E-state index in [4.69, 9.17) is 9.84 Å². The number of nitrogens with one attached hydrogen (secondary N) is 1. The first-order valence-electron chi connectivity index (χ1n) is 4.56. The number of carbonyl (C=O) groups is 2. The van der Waals surface area contributed by atoms with Crippen molar-refractivity contribution in [1.82, 2.24) is 10.3 Å². The van der Waals surface area contributed by atoms with Gasteiger partial charge in [-0.2, -0.15) is 0 Å². The Labute approximate surface area is 92.3 Å². The molecule has 0 aliphatic heterocycles. The molecule has 0 aromatic carbocycles. The van der Waals surface area contributed by atoms with Gasteiger partial charge in [-0.25, -0.2) is 4.98 Å². The highest BCUT2D eigenvalue weighted by atomic mass is 16.5. The van der Waals surface area contributed by atoms with Crippen molar-refractivity contribution in [2.24, 2.45) is 0 Å². The molecule has 1 rings (SSSR count). The Morgan fingerprint density at radius 2 is 2.19 bits per heavy atom. The Morgan fingerprint density at radius 1 is 1.50 bits per heavy atom. The molecular formula is C10H12N2O4. The maximum absolute atomic E-state index is 11.5. The predicted molar refractivity (Wildman–Crippen MR) is 55.5 cm³/mol. The Kier molecular flexibility index (Phi) is 3.82. The Balaban J connectivity index is 2.86. The van der Waals surface area contributed by atoms with Gasteiger partial charge in [0.15, 0.2) is 0 Å². The number of carboxylic acids is 1. The van der Waals surface area contributed by atoms with E-state index in [2.05, 4.69) is 10.3 Å². The van der Waals surface area contributed by atoms with Crippen LogP contribution in [0.2, 0.25) is 0 Å². The van der Waals surface area contributed by atoms with Crippen LogP contribution < -0.4 is 10.1 Å². The fourth-order valence-electron chi connectivity index (χ4n) is 1.11. The smallest absolute Gasteiger partial charge is 0.322 e. The van der Waals surface area contributed by atoms with Crippen LogP contribution in [0.15, 0.2) is 12.1 Å². The van der Waals surface area contributed by atoms with Crippen molar-refractivity contribution >= 4 is 11.9 Å². The molecule has 1 aromatic rings. The standard InChI is InChI=1S/C10H12N2O4/c1-6-3-4-7(10(12-6)16-2)9(15)11-5-8(13)14/h3-4H,5H2,1-2H3,(H,11,15)(H,13,14). The highest BCUT2D eigenvalue weighted by Gasteiger charge is 2.13. The van der Waals surface area contributed by atoms with Crippen molar-refractivity contribution in [2.75, 3.05) is 13.7 Å². The molecule has 0 atom stereocenters. The first-order chi connectivity index (χ1) is 7.54. The van der Waals surface area contributed by atoms with Crippen LogP contribution in [0.5, 0.6) is 5.88 Å². The Hall–Kier alpha value is -2.11. The van der Waals surface area contributed by atoms with Gasteiger partial charge in [-0.1, -0.05) is 0 Å². The third kappa shape index (κ3) is 2.94. The molecule has 0 fully saturated rings. The molecular weight excluding hydrogens is 212 g/mol. The SMILES string of the molecule is COc1nc(C)ccc1C(=O)NCC(=O)O. The molecule has 0 aliphatic carbocycles. The summed E-state index contributed by atoms with van der Waals surface area (Å²) in [6, 6.07) is 3.19. The minimum Gasteiger partial charge on any atom is -0.480 e.